The average molecular weight is 529 g/mol. The fraction of sp³-hybridized carbons (Fsp3) is 0.158. The van der Waals surface area contributed by atoms with Gasteiger partial charge in [-0.2, -0.15) is 0 Å². The summed E-state index contributed by atoms with van der Waals surface area (Å²) in [6, 6.07) is 10.5. The highest BCUT2D eigenvalue weighted by molar-refractivity contribution is 9.11. The number of carbonyl (C=O) groups excluding carboxylic acids is 2. The van der Waals surface area contributed by atoms with Crippen molar-refractivity contribution < 1.29 is 24.2 Å². The molecule has 6 nitrogen and oxygen atoms in total. The molecule has 2 amide bonds. The molecule has 1 N–H and O–H groups in total. The van der Waals surface area contributed by atoms with Gasteiger partial charge in [0, 0.05) is 10.0 Å². The zero-order valence-corrected chi connectivity index (χ0v) is 18.6. The number of ether oxygens (including phenoxy) is 2. The first-order chi connectivity index (χ1) is 13.4. The molecule has 0 saturated carbocycles. The van der Waals surface area contributed by atoms with Crippen LogP contribution in [0.4, 0.5) is 4.79 Å². The second kappa shape index (κ2) is 9.02. The standard InChI is InChI=1S/C19H15Br2NO5S/c1-26-14-4-2-3-5-15(14)27-7-6-22-18(24)16(28-19(22)25)9-11-8-12(20)10-13(21)17(11)23/h2-5,8-10,23H,6-7H2,1H3/b16-9-. The van der Waals surface area contributed by atoms with E-state index >= 15 is 0 Å². The minimum atomic E-state index is -0.422. The van der Waals surface area contributed by atoms with Crippen molar-refractivity contribution in [3.63, 3.8) is 0 Å². The van der Waals surface area contributed by atoms with Gasteiger partial charge in [0.25, 0.3) is 11.1 Å². The van der Waals surface area contributed by atoms with E-state index < -0.39 is 5.91 Å². The summed E-state index contributed by atoms with van der Waals surface area (Å²) in [5.74, 6) is 0.687. The SMILES string of the molecule is COc1ccccc1OCCN1C(=O)S/C(=C\c2cc(Br)cc(Br)c2O)C1=O. The van der Waals surface area contributed by atoms with Gasteiger partial charge in [0.15, 0.2) is 11.5 Å². The molecule has 0 aliphatic carbocycles. The number of hydrogen-bond acceptors (Lipinski definition) is 6. The third-order valence-corrected chi connectivity index (χ3v) is 5.83. The normalized spacial score (nSPS) is 15.4. The van der Waals surface area contributed by atoms with Crippen LogP contribution in [-0.4, -0.2) is 41.4 Å². The Bertz CT molecular complexity index is 963. The van der Waals surface area contributed by atoms with Crippen LogP contribution in [0.3, 0.4) is 0 Å². The van der Waals surface area contributed by atoms with Crippen molar-refractivity contribution in [2.24, 2.45) is 0 Å². The van der Waals surface area contributed by atoms with E-state index in [0.29, 0.717) is 21.5 Å². The van der Waals surface area contributed by atoms with Crippen LogP contribution in [0, 0.1) is 0 Å². The molecule has 28 heavy (non-hydrogen) atoms. The number of nitrogens with zero attached hydrogens (tertiary/aromatic N) is 1. The summed E-state index contributed by atoms with van der Waals surface area (Å²) in [5, 5.41) is 9.77. The zero-order valence-electron chi connectivity index (χ0n) is 14.6. The number of hydrogen-bond donors (Lipinski definition) is 1. The van der Waals surface area contributed by atoms with Gasteiger partial charge in [-0.15, -0.1) is 0 Å². The fourth-order valence-corrected chi connectivity index (χ4v) is 4.63. The summed E-state index contributed by atoms with van der Waals surface area (Å²) < 4.78 is 12.1. The molecular formula is C19H15Br2NO5S. The maximum absolute atomic E-state index is 12.6. The third kappa shape index (κ3) is 4.53. The highest BCUT2D eigenvalue weighted by atomic mass is 79.9. The van der Waals surface area contributed by atoms with Gasteiger partial charge >= 0.3 is 0 Å². The molecule has 0 bridgehead atoms. The molecule has 0 atom stereocenters. The van der Waals surface area contributed by atoms with Crippen LogP contribution in [0.1, 0.15) is 5.56 Å². The van der Waals surface area contributed by atoms with Crippen molar-refractivity contribution in [1.82, 2.24) is 4.90 Å². The molecule has 1 saturated heterocycles. The molecule has 0 unspecified atom stereocenters. The van der Waals surface area contributed by atoms with E-state index in [2.05, 4.69) is 31.9 Å². The lowest BCUT2D eigenvalue weighted by molar-refractivity contribution is -0.123. The van der Waals surface area contributed by atoms with Crippen molar-refractivity contribution >= 4 is 60.8 Å². The van der Waals surface area contributed by atoms with Crippen molar-refractivity contribution in [3.8, 4) is 17.2 Å². The van der Waals surface area contributed by atoms with Gasteiger partial charge in [-0.1, -0.05) is 28.1 Å². The summed E-state index contributed by atoms with van der Waals surface area (Å²) in [6.45, 7) is 0.244. The van der Waals surface area contributed by atoms with Crippen LogP contribution in [0.25, 0.3) is 6.08 Å². The van der Waals surface area contributed by atoms with Crippen molar-refractivity contribution in [2.45, 2.75) is 0 Å². The van der Waals surface area contributed by atoms with E-state index in [1.807, 2.05) is 12.1 Å². The van der Waals surface area contributed by atoms with Crippen LogP contribution in [0.5, 0.6) is 17.2 Å². The van der Waals surface area contributed by atoms with Gasteiger partial charge in [-0.25, -0.2) is 0 Å². The van der Waals surface area contributed by atoms with E-state index in [-0.39, 0.29) is 29.0 Å². The lowest BCUT2D eigenvalue weighted by Crippen LogP contribution is -2.32. The molecule has 3 rings (SSSR count). The summed E-state index contributed by atoms with van der Waals surface area (Å²) in [5.41, 5.74) is 0.428. The van der Waals surface area contributed by atoms with E-state index in [4.69, 9.17) is 9.47 Å². The second-order valence-electron chi connectivity index (χ2n) is 5.66. The van der Waals surface area contributed by atoms with E-state index in [1.54, 1.807) is 31.4 Å². The predicted molar refractivity (Wildman–Crippen MR) is 115 cm³/mol. The van der Waals surface area contributed by atoms with Crippen LogP contribution < -0.4 is 9.47 Å². The summed E-state index contributed by atoms with van der Waals surface area (Å²) >= 11 is 7.41. The number of para-hydroxylation sites is 2. The highest BCUT2D eigenvalue weighted by Crippen LogP contribution is 2.37. The first-order valence-corrected chi connectivity index (χ1v) is 10.5. The van der Waals surface area contributed by atoms with Gasteiger partial charge < -0.3 is 14.6 Å². The topological polar surface area (TPSA) is 76.1 Å². The summed E-state index contributed by atoms with van der Waals surface area (Å²) in [7, 11) is 1.54. The Morgan fingerprint density at radius 2 is 1.89 bits per heavy atom. The quantitative estimate of drug-likeness (QED) is 0.529. The number of methoxy groups -OCH3 is 1. The Morgan fingerprint density at radius 1 is 1.18 bits per heavy atom. The first kappa shape index (κ1) is 20.8. The zero-order chi connectivity index (χ0) is 20.3. The maximum atomic E-state index is 12.6. The lowest BCUT2D eigenvalue weighted by atomic mass is 10.2. The van der Waals surface area contributed by atoms with Crippen molar-refractivity contribution in [3.05, 3.63) is 55.8 Å². The molecule has 1 heterocycles. The number of phenols is 1. The number of aromatic hydroxyl groups is 1. The molecule has 0 spiro atoms. The molecule has 0 aromatic heterocycles. The van der Waals surface area contributed by atoms with Gasteiger partial charge in [-0.05, 0) is 58.0 Å². The maximum Gasteiger partial charge on any atom is 0.293 e. The number of carbonyl (C=O) groups is 2. The number of benzene rings is 2. The number of thioether (sulfide) groups is 1. The van der Waals surface area contributed by atoms with Crippen LogP contribution in [0.2, 0.25) is 0 Å². The molecular weight excluding hydrogens is 514 g/mol. The molecule has 146 valence electrons. The molecule has 1 aliphatic rings. The monoisotopic (exact) mass is 527 g/mol. The van der Waals surface area contributed by atoms with Crippen LogP contribution in [0.15, 0.2) is 50.2 Å². The minimum Gasteiger partial charge on any atom is -0.506 e. The van der Waals surface area contributed by atoms with Gasteiger partial charge in [0.2, 0.25) is 0 Å². The van der Waals surface area contributed by atoms with E-state index in [1.165, 1.54) is 6.08 Å². The Balaban J connectivity index is 1.70. The lowest BCUT2D eigenvalue weighted by Gasteiger charge is -2.14. The van der Waals surface area contributed by atoms with Crippen LogP contribution >= 0.6 is 43.6 Å². The average Bonchev–Trinajstić information content (AvgIpc) is 2.93. The fourth-order valence-electron chi connectivity index (χ4n) is 2.51. The second-order valence-corrected chi connectivity index (χ2v) is 8.42. The van der Waals surface area contributed by atoms with Crippen molar-refractivity contribution in [2.75, 3.05) is 20.3 Å². The number of amides is 2. The Kier molecular flexibility index (Phi) is 6.69. The first-order valence-electron chi connectivity index (χ1n) is 8.10. The number of phenolic OH excluding ortho intramolecular Hbond substituents is 1. The molecule has 0 radical (unpaired) electrons. The van der Waals surface area contributed by atoms with Crippen molar-refractivity contribution in [1.29, 1.82) is 0 Å². The molecule has 2 aromatic carbocycles. The molecule has 9 heteroatoms. The van der Waals surface area contributed by atoms with Crippen LogP contribution in [-0.2, 0) is 4.79 Å². The van der Waals surface area contributed by atoms with E-state index in [9.17, 15) is 14.7 Å². The Labute approximate surface area is 182 Å². The third-order valence-electron chi connectivity index (χ3n) is 3.86. The van der Waals surface area contributed by atoms with Gasteiger partial charge in [0.05, 0.1) is 23.0 Å². The molecule has 2 aromatic rings. The summed E-state index contributed by atoms with van der Waals surface area (Å²) in [6.07, 6.45) is 1.50. The number of halogens is 2. The minimum absolute atomic E-state index is 0.00509. The Hall–Kier alpha value is -1.97. The highest BCUT2D eigenvalue weighted by Gasteiger charge is 2.35. The molecule has 1 aliphatic heterocycles. The summed E-state index contributed by atoms with van der Waals surface area (Å²) in [4.78, 5) is 26.2. The molecule has 1 fully saturated rings. The predicted octanol–water partition coefficient (Wildman–Crippen LogP) is 5.04. The Morgan fingerprint density at radius 3 is 2.61 bits per heavy atom. The number of rotatable bonds is 6. The van der Waals surface area contributed by atoms with Gasteiger partial charge in [-0.3, -0.25) is 14.5 Å². The smallest absolute Gasteiger partial charge is 0.293 e. The largest absolute Gasteiger partial charge is 0.506 e. The van der Waals surface area contributed by atoms with E-state index in [0.717, 1.165) is 21.1 Å². The number of imide groups is 1. The van der Waals surface area contributed by atoms with Gasteiger partial charge in [0.1, 0.15) is 12.4 Å².